The van der Waals surface area contributed by atoms with Gasteiger partial charge in [-0.15, -0.1) is 11.8 Å². The standard InChI is InChI=1S/C11H11NO5S/c13-11(14)9-5-7(1-2-10(9)12(15)16)18-8-3-4-17-6-8/h1-2,5,8H,3-4,6H2,(H,13,14). The number of ether oxygens (including phenoxy) is 1. The number of aromatic carboxylic acids is 1. The van der Waals surface area contributed by atoms with E-state index in [9.17, 15) is 14.9 Å². The van der Waals surface area contributed by atoms with Gasteiger partial charge < -0.3 is 9.84 Å². The highest BCUT2D eigenvalue weighted by Gasteiger charge is 2.22. The molecule has 1 aliphatic heterocycles. The molecule has 1 saturated heterocycles. The van der Waals surface area contributed by atoms with Crippen LogP contribution in [0.5, 0.6) is 0 Å². The molecule has 0 saturated carbocycles. The molecule has 6 nitrogen and oxygen atoms in total. The van der Waals surface area contributed by atoms with Gasteiger partial charge in [0.15, 0.2) is 0 Å². The van der Waals surface area contributed by atoms with Gasteiger partial charge in [-0.2, -0.15) is 0 Å². The molecule has 0 aromatic heterocycles. The molecular weight excluding hydrogens is 258 g/mol. The summed E-state index contributed by atoms with van der Waals surface area (Å²) >= 11 is 1.49. The van der Waals surface area contributed by atoms with Crippen molar-refractivity contribution in [2.45, 2.75) is 16.6 Å². The van der Waals surface area contributed by atoms with Crippen LogP contribution in [-0.4, -0.2) is 34.5 Å². The molecule has 1 aliphatic rings. The zero-order valence-corrected chi connectivity index (χ0v) is 10.2. The summed E-state index contributed by atoms with van der Waals surface area (Å²) in [5, 5.41) is 19.9. The van der Waals surface area contributed by atoms with E-state index >= 15 is 0 Å². The third-order valence-electron chi connectivity index (χ3n) is 2.59. The van der Waals surface area contributed by atoms with Gasteiger partial charge in [0.1, 0.15) is 5.56 Å². The molecular formula is C11H11NO5S. The molecule has 0 spiro atoms. The Labute approximate surface area is 107 Å². The number of nitro benzene ring substituents is 1. The van der Waals surface area contributed by atoms with Crippen LogP contribution in [0, 0.1) is 10.1 Å². The van der Waals surface area contributed by atoms with E-state index < -0.39 is 10.9 Å². The van der Waals surface area contributed by atoms with E-state index in [-0.39, 0.29) is 16.5 Å². The van der Waals surface area contributed by atoms with Crippen LogP contribution in [0.25, 0.3) is 0 Å². The number of carboxylic acids is 1. The van der Waals surface area contributed by atoms with Crippen LogP contribution >= 0.6 is 11.8 Å². The molecule has 1 fully saturated rings. The van der Waals surface area contributed by atoms with Crippen LogP contribution in [0.2, 0.25) is 0 Å². The first-order valence-electron chi connectivity index (χ1n) is 5.34. The minimum atomic E-state index is -1.29. The van der Waals surface area contributed by atoms with E-state index in [4.69, 9.17) is 9.84 Å². The van der Waals surface area contributed by atoms with E-state index in [1.807, 2.05) is 0 Å². The Morgan fingerprint density at radius 2 is 2.33 bits per heavy atom. The van der Waals surface area contributed by atoms with Crippen molar-refractivity contribution in [3.05, 3.63) is 33.9 Å². The normalized spacial score (nSPS) is 18.8. The van der Waals surface area contributed by atoms with Gasteiger partial charge in [0.25, 0.3) is 5.69 Å². The Hall–Kier alpha value is -1.60. The summed E-state index contributed by atoms with van der Waals surface area (Å²) in [6.45, 7) is 1.33. The molecule has 0 amide bonds. The van der Waals surface area contributed by atoms with E-state index in [1.165, 1.54) is 23.9 Å². The molecule has 1 N–H and O–H groups in total. The van der Waals surface area contributed by atoms with Crippen LogP contribution in [0.15, 0.2) is 23.1 Å². The van der Waals surface area contributed by atoms with Gasteiger partial charge in [0, 0.05) is 22.8 Å². The second kappa shape index (κ2) is 5.36. The zero-order chi connectivity index (χ0) is 13.1. The third-order valence-corrected chi connectivity index (χ3v) is 3.82. The van der Waals surface area contributed by atoms with Crippen LogP contribution in [0.3, 0.4) is 0 Å². The van der Waals surface area contributed by atoms with Crippen LogP contribution in [-0.2, 0) is 4.74 Å². The smallest absolute Gasteiger partial charge is 0.342 e. The molecule has 1 aromatic carbocycles. The molecule has 0 aliphatic carbocycles. The Morgan fingerprint density at radius 1 is 1.56 bits per heavy atom. The van der Waals surface area contributed by atoms with Gasteiger partial charge in [-0.05, 0) is 18.6 Å². The SMILES string of the molecule is O=C(O)c1cc(SC2CCOC2)ccc1[N+](=O)[O-]. The fourth-order valence-corrected chi connectivity index (χ4v) is 2.81. The highest BCUT2D eigenvalue weighted by atomic mass is 32.2. The molecule has 1 atom stereocenters. The number of carbonyl (C=O) groups is 1. The van der Waals surface area contributed by atoms with Crippen molar-refractivity contribution < 1.29 is 19.6 Å². The molecule has 7 heteroatoms. The Balaban J connectivity index is 2.24. The number of carboxylic acid groups (broad SMARTS) is 1. The van der Waals surface area contributed by atoms with Gasteiger partial charge in [-0.1, -0.05) is 0 Å². The number of hydrogen-bond donors (Lipinski definition) is 1. The maximum absolute atomic E-state index is 11.0. The number of hydrogen-bond acceptors (Lipinski definition) is 5. The molecule has 1 heterocycles. The summed E-state index contributed by atoms with van der Waals surface area (Å²) in [4.78, 5) is 21.7. The van der Waals surface area contributed by atoms with Crippen molar-refractivity contribution in [3.63, 3.8) is 0 Å². The molecule has 96 valence electrons. The van der Waals surface area contributed by atoms with Crippen molar-refractivity contribution >= 4 is 23.4 Å². The Bertz CT molecular complexity index is 484. The average molecular weight is 269 g/mol. The van der Waals surface area contributed by atoms with Crippen molar-refractivity contribution in [2.75, 3.05) is 13.2 Å². The molecule has 0 bridgehead atoms. The molecule has 0 radical (unpaired) electrons. The van der Waals surface area contributed by atoms with Crippen LogP contribution in [0.4, 0.5) is 5.69 Å². The number of nitro groups is 1. The summed E-state index contributed by atoms with van der Waals surface area (Å²) in [6.07, 6.45) is 0.907. The van der Waals surface area contributed by atoms with Gasteiger partial charge in [0.05, 0.1) is 11.5 Å². The second-order valence-electron chi connectivity index (χ2n) is 3.84. The highest BCUT2D eigenvalue weighted by Crippen LogP contribution is 2.31. The lowest BCUT2D eigenvalue weighted by molar-refractivity contribution is -0.385. The summed E-state index contributed by atoms with van der Waals surface area (Å²) in [7, 11) is 0. The largest absolute Gasteiger partial charge is 0.477 e. The fourth-order valence-electron chi connectivity index (χ4n) is 1.72. The summed E-state index contributed by atoms with van der Waals surface area (Å²) in [6, 6.07) is 4.17. The minimum Gasteiger partial charge on any atom is -0.477 e. The first-order valence-corrected chi connectivity index (χ1v) is 6.22. The van der Waals surface area contributed by atoms with E-state index in [1.54, 1.807) is 6.07 Å². The number of thioether (sulfide) groups is 1. The lowest BCUT2D eigenvalue weighted by Gasteiger charge is -2.07. The topological polar surface area (TPSA) is 89.7 Å². The van der Waals surface area contributed by atoms with Crippen molar-refractivity contribution in [1.29, 1.82) is 0 Å². The van der Waals surface area contributed by atoms with Gasteiger partial charge >= 0.3 is 5.97 Å². The van der Waals surface area contributed by atoms with E-state index in [0.717, 1.165) is 6.42 Å². The van der Waals surface area contributed by atoms with Crippen molar-refractivity contribution in [2.24, 2.45) is 0 Å². The Morgan fingerprint density at radius 3 is 2.89 bits per heavy atom. The van der Waals surface area contributed by atoms with Gasteiger partial charge in [-0.25, -0.2) is 4.79 Å². The average Bonchev–Trinajstić information content (AvgIpc) is 2.81. The van der Waals surface area contributed by atoms with Crippen LogP contribution in [0.1, 0.15) is 16.8 Å². The first-order chi connectivity index (χ1) is 8.58. The summed E-state index contributed by atoms with van der Waals surface area (Å²) < 4.78 is 5.22. The predicted octanol–water partition coefficient (Wildman–Crippen LogP) is 2.17. The quantitative estimate of drug-likeness (QED) is 0.665. The van der Waals surface area contributed by atoms with E-state index in [2.05, 4.69) is 0 Å². The fraction of sp³-hybridized carbons (Fsp3) is 0.364. The molecule has 1 aromatic rings. The number of benzene rings is 1. The number of rotatable bonds is 4. The van der Waals surface area contributed by atoms with Crippen LogP contribution < -0.4 is 0 Å². The summed E-state index contributed by atoms with van der Waals surface area (Å²) in [5.41, 5.74) is -0.654. The van der Waals surface area contributed by atoms with Crippen molar-refractivity contribution in [1.82, 2.24) is 0 Å². The first kappa shape index (κ1) is 12.8. The Kier molecular flexibility index (Phi) is 3.83. The van der Waals surface area contributed by atoms with E-state index in [0.29, 0.717) is 18.1 Å². The molecule has 18 heavy (non-hydrogen) atoms. The lowest BCUT2D eigenvalue weighted by atomic mass is 10.2. The van der Waals surface area contributed by atoms with Gasteiger partial charge in [-0.3, -0.25) is 10.1 Å². The monoisotopic (exact) mass is 269 g/mol. The maximum Gasteiger partial charge on any atom is 0.342 e. The minimum absolute atomic E-state index is 0.274. The van der Waals surface area contributed by atoms with Crippen molar-refractivity contribution in [3.8, 4) is 0 Å². The highest BCUT2D eigenvalue weighted by molar-refractivity contribution is 8.00. The lowest BCUT2D eigenvalue weighted by Crippen LogP contribution is -2.04. The maximum atomic E-state index is 11.0. The predicted molar refractivity (Wildman–Crippen MR) is 65.1 cm³/mol. The third kappa shape index (κ3) is 2.80. The van der Waals surface area contributed by atoms with Gasteiger partial charge in [0.2, 0.25) is 0 Å². The second-order valence-corrected chi connectivity index (χ2v) is 5.22. The number of nitrogens with zero attached hydrogens (tertiary/aromatic N) is 1. The molecule has 2 rings (SSSR count). The zero-order valence-electron chi connectivity index (χ0n) is 9.37. The summed E-state index contributed by atoms with van der Waals surface area (Å²) in [5.74, 6) is -1.29. The molecule has 1 unspecified atom stereocenters.